The Kier molecular flexibility index (Phi) is 5.72. The minimum Gasteiger partial charge on any atom is -0.457 e. The predicted molar refractivity (Wildman–Crippen MR) is 118 cm³/mol. The number of carbonyl (C=O) groups excluding carboxylic acids is 1. The minimum absolute atomic E-state index is 0.298. The Morgan fingerprint density at radius 1 is 1.17 bits per heavy atom. The average Bonchev–Trinajstić information content (AvgIpc) is 3.18. The van der Waals surface area contributed by atoms with Gasteiger partial charge < -0.3 is 15.5 Å². The van der Waals surface area contributed by atoms with Crippen LogP contribution in [-0.2, 0) is 6.54 Å². The number of likely N-dealkylation sites (tertiary alicyclic amines) is 1. The molecule has 7 nitrogen and oxygen atoms in total. The number of piperidine rings is 1. The van der Waals surface area contributed by atoms with Crippen LogP contribution in [-0.4, -0.2) is 46.8 Å². The van der Waals surface area contributed by atoms with Crippen LogP contribution in [0.3, 0.4) is 0 Å². The van der Waals surface area contributed by atoms with Gasteiger partial charge in [-0.25, -0.2) is 0 Å². The quantitative estimate of drug-likeness (QED) is 0.443. The maximum absolute atomic E-state index is 12.4. The number of carbonyl (C=O) groups is 1. The predicted octanol–water partition coefficient (Wildman–Crippen LogP) is 3.91. The van der Waals surface area contributed by atoms with Crippen molar-refractivity contribution in [3.8, 4) is 11.5 Å². The van der Waals surface area contributed by atoms with Crippen LogP contribution in [0.4, 0.5) is 0 Å². The highest BCUT2D eigenvalue weighted by Gasteiger charge is 2.17. The summed E-state index contributed by atoms with van der Waals surface area (Å²) in [6.45, 7) is 3.15. The van der Waals surface area contributed by atoms with Crippen molar-refractivity contribution in [1.82, 2.24) is 14.8 Å². The number of fused-ring (bicyclic) bond motifs is 1. The Morgan fingerprint density at radius 2 is 1.93 bits per heavy atom. The number of ether oxygens (including phenoxy) is 1. The highest BCUT2D eigenvalue weighted by atomic mass is 16.5. The Labute approximate surface area is 175 Å². The molecule has 1 amide bonds. The summed E-state index contributed by atoms with van der Waals surface area (Å²) in [5.41, 5.74) is 7.75. The van der Waals surface area contributed by atoms with E-state index in [1.807, 2.05) is 36.4 Å². The highest BCUT2D eigenvalue weighted by molar-refractivity contribution is 6.05. The van der Waals surface area contributed by atoms with E-state index < -0.39 is 0 Å². The number of nitrogens with one attached hydrogen (secondary N) is 2. The molecule has 0 aliphatic carbocycles. The van der Waals surface area contributed by atoms with E-state index in [1.54, 1.807) is 6.07 Å². The molecule has 1 aliphatic heterocycles. The first-order valence-corrected chi connectivity index (χ1v) is 10.2. The number of nitrogens with two attached hydrogens (primary N) is 1. The van der Waals surface area contributed by atoms with E-state index in [0.717, 1.165) is 41.2 Å². The van der Waals surface area contributed by atoms with Crippen LogP contribution in [0.2, 0.25) is 0 Å². The van der Waals surface area contributed by atoms with Gasteiger partial charge in [0, 0.05) is 36.1 Å². The number of hydrogen-bond acceptors (Lipinski definition) is 4. The molecule has 0 radical (unpaired) electrons. The van der Waals surface area contributed by atoms with Crippen LogP contribution in [0.15, 0.2) is 48.5 Å². The van der Waals surface area contributed by atoms with Gasteiger partial charge in [0.2, 0.25) is 0 Å². The second kappa shape index (κ2) is 8.59. The number of guanidine groups is 1. The molecule has 0 bridgehead atoms. The SMILES string of the molecule is CN(C(=N)N)C(=O)c1cc2ccc(Oc3ccccc3CN3CCCCC3)cc2[nH]1. The number of amides is 1. The zero-order valence-corrected chi connectivity index (χ0v) is 17.1. The summed E-state index contributed by atoms with van der Waals surface area (Å²) < 4.78 is 6.22. The largest absolute Gasteiger partial charge is 0.457 e. The van der Waals surface area contributed by atoms with Crippen molar-refractivity contribution in [3.63, 3.8) is 0 Å². The van der Waals surface area contributed by atoms with Crippen molar-refractivity contribution in [2.75, 3.05) is 20.1 Å². The number of nitrogens with zero attached hydrogens (tertiary/aromatic N) is 2. The summed E-state index contributed by atoms with van der Waals surface area (Å²) in [4.78, 5) is 19.1. The van der Waals surface area contributed by atoms with E-state index in [9.17, 15) is 4.79 Å². The Hall–Kier alpha value is -3.32. The molecule has 1 fully saturated rings. The van der Waals surface area contributed by atoms with Crippen LogP contribution in [0.5, 0.6) is 11.5 Å². The van der Waals surface area contributed by atoms with Crippen LogP contribution in [0.1, 0.15) is 35.3 Å². The Morgan fingerprint density at radius 3 is 2.70 bits per heavy atom. The highest BCUT2D eigenvalue weighted by Crippen LogP contribution is 2.29. The fourth-order valence-corrected chi connectivity index (χ4v) is 3.79. The van der Waals surface area contributed by atoms with Crippen LogP contribution in [0.25, 0.3) is 10.9 Å². The van der Waals surface area contributed by atoms with Crippen LogP contribution < -0.4 is 10.5 Å². The number of aromatic amines is 1. The number of benzene rings is 2. The molecule has 3 aromatic rings. The fraction of sp³-hybridized carbons (Fsp3) is 0.304. The minimum atomic E-state index is -0.354. The zero-order valence-electron chi connectivity index (χ0n) is 17.1. The van der Waals surface area contributed by atoms with Gasteiger partial charge in [-0.1, -0.05) is 24.6 Å². The molecule has 2 heterocycles. The van der Waals surface area contributed by atoms with Crippen molar-refractivity contribution in [2.45, 2.75) is 25.8 Å². The Bertz CT molecular complexity index is 1070. The van der Waals surface area contributed by atoms with Gasteiger partial charge in [-0.15, -0.1) is 0 Å². The molecule has 7 heteroatoms. The second-order valence-electron chi connectivity index (χ2n) is 7.73. The molecule has 2 aromatic carbocycles. The second-order valence-corrected chi connectivity index (χ2v) is 7.73. The molecule has 1 aromatic heterocycles. The van der Waals surface area contributed by atoms with E-state index in [0.29, 0.717) is 11.4 Å². The van der Waals surface area contributed by atoms with Gasteiger partial charge in [0.1, 0.15) is 17.2 Å². The number of hydrogen-bond donors (Lipinski definition) is 3. The first-order valence-electron chi connectivity index (χ1n) is 10.2. The molecule has 0 spiro atoms. The van der Waals surface area contributed by atoms with Crippen molar-refractivity contribution in [2.24, 2.45) is 5.73 Å². The lowest BCUT2D eigenvalue weighted by molar-refractivity contribution is 0.0864. The molecule has 30 heavy (non-hydrogen) atoms. The van der Waals surface area contributed by atoms with Gasteiger partial charge in [0.15, 0.2) is 5.96 Å². The van der Waals surface area contributed by atoms with E-state index in [1.165, 1.54) is 31.9 Å². The molecule has 0 saturated carbocycles. The fourth-order valence-electron chi connectivity index (χ4n) is 3.79. The monoisotopic (exact) mass is 405 g/mol. The molecule has 4 N–H and O–H groups in total. The van der Waals surface area contributed by atoms with E-state index in [2.05, 4.69) is 16.0 Å². The van der Waals surface area contributed by atoms with Gasteiger partial charge in [-0.05, 0) is 50.2 Å². The maximum Gasteiger partial charge on any atom is 0.276 e. The van der Waals surface area contributed by atoms with Gasteiger partial charge >= 0.3 is 0 Å². The Balaban J connectivity index is 1.54. The summed E-state index contributed by atoms with van der Waals surface area (Å²) in [6.07, 6.45) is 3.83. The van der Waals surface area contributed by atoms with Crippen LogP contribution >= 0.6 is 0 Å². The number of para-hydroxylation sites is 1. The standard InChI is InChI=1S/C23H27N5O2/c1-27(23(24)25)22(29)20-13-16-9-10-18(14-19(16)26-20)30-21-8-4-3-7-17(21)15-28-11-5-2-6-12-28/h3-4,7-10,13-14,26H,2,5-6,11-12,15H2,1H3,(H3,24,25). The van der Waals surface area contributed by atoms with Gasteiger partial charge in [-0.2, -0.15) is 0 Å². The summed E-state index contributed by atoms with van der Waals surface area (Å²) in [5, 5.41) is 8.32. The number of H-pyrrole nitrogens is 1. The lowest BCUT2D eigenvalue weighted by atomic mass is 10.1. The first kappa shape index (κ1) is 20.0. The first-order chi connectivity index (χ1) is 14.5. The van der Waals surface area contributed by atoms with Crippen molar-refractivity contribution >= 4 is 22.8 Å². The smallest absolute Gasteiger partial charge is 0.276 e. The number of rotatable bonds is 5. The summed E-state index contributed by atoms with van der Waals surface area (Å²) in [7, 11) is 1.48. The topological polar surface area (TPSA) is 98.4 Å². The zero-order chi connectivity index (χ0) is 21.1. The number of aromatic nitrogens is 1. The third-order valence-electron chi connectivity index (χ3n) is 5.53. The van der Waals surface area contributed by atoms with E-state index >= 15 is 0 Å². The molecular formula is C23H27N5O2. The summed E-state index contributed by atoms with van der Waals surface area (Å²) in [6, 6.07) is 15.6. The lowest BCUT2D eigenvalue weighted by Gasteiger charge is -2.27. The molecule has 0 unspecified atom stereocenters. The van der Waals surface area contributed by atoms with Crippen molar-refractivity contribution < 1.29 is 9.53 Å². The molecular weight excluding hydrogens is 378 g/mol. The van der Waals surface area contributed by atoms with Crippen LogP contribution in [0, 0.1) is 5.41 Å². The maximum atomic E-state index is 12.4. The van der Waals surface area contributed by atoms with Gasteiger partial charge in [0.25, 0.3) is 5.91 Å². The molecule has 1 saturated heterocycles. The third-order valence-corrected chi connectivity index (χ3v) is 5.53. The third kappa shape index (κ3) is 4.31. The molecule has 0 atom stereocenters. The van der Waals surface area contributed by atoms with Crippen molar-refractivity contribution in [1.29, 1.82) is 5.41 Å². The van der Waals surface area contributed by atoms with E-state index in [-0.39, 0.29) is 11.9 Å². The summed E-state index contributed by atoms with van der Waals surface area (Å²) in [5.74, 6) is 0.900. The summed E-state index contributed by atoms with van der Waals surface area (Å²) >= 11 is 0. The normalized spacial score (nSPS) is 14.6. The lowest BCUT2D eigenvalue weighted by Crippen LogP contribution is -2.38. The molecule has 4 rings (SSSR count). The average molecular weight is 406 g/mol. The molecule has 156 valence electrons. The van der Waals surface area contributed by atoms with Crippen molar-refractivity contribution in [3.05, 3.63) is 59.8 Å². The van der Waals surface area contributed by atoms with Gasteiger partial charge in [0.05, 0.1) is 0 Å². The van der Waals surface area contributed by atoms with Gasteiger partial charge in [-0.3, -0.25) is 20.0 Å². The molecule has 1 aliphatic rings. The van der Waals surface area contributed by atoms with E-state index in [4.69, 9.17) is 15.9 Å².